The summed E-state index contributed by atoms with van der Waals surface area (Å²) in [5.74, 6) is -0.386. The average Bonchev–Trinajstić information content (AvgIpc) is 3.09. The lowest BCUT2D eigenvalue weighted by Crippen LogP contribution is -2.35. The van der Waals surface area contributed by atoms with Gasteiger partial charge in [0.2, 0.25) is 0 Å². The Bertz CT molecular complexity index is 803. The number of carbonyl (C=O) groups excluding carboxylic acids is 1. The Hall–Kier alpha value is -1.74. The fourth-order valence-electron chi connectivity index (χ4n) is 2.71. The van der Waals surface area contributed by atoms with Crippen molar-refractivity contribution >= 4 is 44.6 Å². The maximum Gasteiger partial charge on any atom is 0.339 e. The topological polar surface area (TPSA) is 63.7 Å². The van der Waals surface area contributed by atoms with Crippen LogP contribution in [0.1, 0.15) is 21.6 Å². The Kier molecular flexibility index (Phi) is 6.42. The van der Waals surface area contributed by atoms with E-state index in [0.717, 1.165) is 48.0 Å². The van der Waals surface area contributed by atoms with Crippen LogP contribution < -0.4 is 5.32 Å². The van der Waals surface area contributed by atoms with Crippen LogP contribution in [0.3, 0.4) is 0 Å². The molecule has 3 rings (SSSR count). The Morgan fingerprint density at radius 2 is 2.23 bits per heavy atom. The molecule has 0 bridgehead atoms. The van der Waals surface area contributed by atoms with Gasteiger partial charge in [-0.15, -0.1) is 11.3 Å². The van der Waals surface area contributed by atoms with Crippen molar-refractivity contribution < 1.29 is 14.3 Å². The van der Waals surface area contributed by atoms with Crippen LogP contribution in [0, 0.1) is 0 Å². The smallest absolute Gasteiger partial charge is 0.339 e. The molecule has 8 heteroatoms. The summed E-state index contributed by atoms with van der Waals surface area (Å²) in [5, 5.41) is 5.07. The van der Waals surface area contributed by atoms with Gasteiger partial charge in [0.25, 0.3) is 0 Å². The van der Waals surface area contributed by atoms with E-state index in [1.165, 1.54) is 18.4 Å². The van der Waals surface area contributed by atoms with Crippen molar-refractivity contribution in [3.63, 3.8) is 0 Å². The molecule has 1 aromatic carbocycles. The number of hydrogen-bond acceptors (Lipinski definition) is 7. The maximum atomic E-state index is 12.3. The van der Waals surface area contributed by atoms with Gasteiger partial charge < -0.3 is 14.8 Å². The molecule has 0 unspecified atom stereocenters. The molecular formula is C18H20BrN3O3S. The minimum Gasteiger partial charge on any atom is -0.465 e. The van der Waals surface area contributed by atoms with Crippen molar-refractivity contribution in [3.8, 4) is 0 Å². The molecule has 1 fully saturated rings. The Morgan fingerprint density at radius 1 is 1.46 bits per heavy atom. The fourth-order valence-corrected chi connectivity index (χ4v) is 3.74. The highest BCUT2D eigenvalue weighted by atomic mass is 79.9. The van der Waals surface area contributed by atoms with Crippen LogP contribution in [-0.2, 0) is 16.0 Å². The van der Waals surface area contributed by atoms with E-state index in [9.17, 15) is 4.79 Å². The van der Waals surface area contributed by atoms with Crippen molar-refractivity contribution in [2.24, 2.45) is 0 Å². The number of thiazole rings is 1. The van der Waals surface area contributed by atoms with E-state index in [0.29, 0.717) is 16.9 Å². The van der Waals surface area contributed by atoms with Crippen LogP contribution in [0.2, 0.25) is 0 Å². The number of ether oxygens (including phenoxy) is 2. The highest BCUT2D eigenvalue weighted by molar-refractivity contribution is 9.11. The average molecular weight is 438 g/mol. The molecule has 0 spiro atoms. The lowest BCUT2D eigenvalue weighted by atomic mass is 10.1. The molecule has 6 nitrogen and oxygen atoms in total. The number of nitrogens with zero attached hydrogens (tertiary/aromatic N) is 2. The van der Waals surface area contributed by atoms with Crippen LogP contribution in [0.15, 0.2) is 34.1 Å². The summed E-state index contributed by atoms with van der Waals surface area (Å²) in [7, 11) is 1.38. The number of morpholine rings is 1. The van der Waals surface area contributed by atoms with E-state index in [2.05, 4.69) is 37.7 Å². The minimum absolute atomic E-state index is 0.386. The third kappa shape index (κ3) is 4.70. The summed E-state index contributed by atoms with van der Waals surface area (Å²) in [5.41, 5.74) is 3.54. The summed E-state index contributed by atoms with van der Waals surface area (Å²) in [4.78, 5) is 18.9. The van der Waals surface area contributed by atoms with Crippen molar-refractivity contribution in [2.45, 2.75) is 6.54 Å². The predicted octanol–water partition coefficient (Wildman–Crippen LogP) is 3.61. The van der Waals surface area contributed by atoms with E-state index < -0.39 is 0 Å². The summed E-state index contributed by atoms with van der Waals surface area (Å²) >= 11 is 4.82. The molecule has 2 heterocycles. The Morgan fingerprint density at radius 3 is 2.88 bits per heavy atom. The first-order chi connectivity index (χ1) is 12.6. The normalized spacial score (nSPS) is 14.8. The van der Waals surface area contributed by atoms with Crippen molar-refractivity contribution in [1.29, 1.82) is 0 Å². The van der Waals surface area contributed by atoms with Gasteiger partial charge in [0.05, 0.1) is 43.0 Å². The molecule has 0 aliphatic carbocycles. The van der Waals surface area contributed by atoms with E-state index in [4.69, 9.17) is 9.47 Å². The van der Waals surface area contributed by atoms with Gasteiger partial charge >= 0.3 is 5.97 Å². The zero-order valence-corrected chi connectivity index (χ0v) is 16.9. The van der Waals surface area contributed by atoms with Crippen molar-refractivity contribution in [3.05, 3.63) is 50.9 Å². The van der Waals surface area contributed by atoms with Gasteiger partial charge in [-0.25, -0.2) is 9.78 Å². The van der Waals surface area contributed by atoms with Crippen LogP contribution in [0.25, 0.3) is 5.70 Å². The zero-order chi connectivity index (χ0) is 18.5. The molecule has 2 aromatic rings. The summed E-state index contributed by atoms with van der Waals surface area (Å²) in [6.45, 7) is 8.05. The van der Waals surface area contributed by atoms with E-state index in [-0.39, 0.29) is 5.97 Å². The number of anilines is 1. The highest BCUT2D eigenvalue weighted by Gasteiger charge is 2.17. The van der Waals surface area contributed by atoms with E-state index >= 15 is 0 Å². The van der Waals surface area contributed by atoms with Gasteiger partial charge in [0.15, 0.2) is 3.92 Å². The van der Waals surface area contributed by atoms with Gasteiger partial charge in [0.1, 0.15) is 0 Å². The lowest BCUT2D eigenvalue weighted by Gasteiger charge is -2.26. The fraction of sp³-hybridized carbons (Fsp3) is 0.333. The number of nitrogens with one attached hydrogen (secondary N) is 1. The summed E-state index contributed by atoms with van der Waals surface area (Å²) < 4.78 is 11.1. The molecular weight excluding hydrogens is 418 g/mol. The maximum absolute atomic E-state index is 12.3. The highest BCUT2D eigenvalue weighted by Crippen LogP contribution is 2.26. The van der Waals surface area contributed by atoms with E-state index in [1.54, 1.807) is 0 Å². The number of carbonyl (C=O) groups is 1. The number of rotatable bonds is 6. The second kappa shape index (κ2) is 8.77. The molecule has 1 aliphatic heterocycles. The van der Waals surface area contributed by atoms with Crippen molar-refractivity contribution in [2.75, 3.05) is 38.7 Å². The van der Waals surface area contributed by atoms with Crippen LogP contribution >= 0.6 is 27.3 Å². The second-order valence-electron chi connectivity index (χ2n) is 5.85. The largest absolute Gasteiger partial charge is 0.465 e. The van der Waals surface area contributed by atoms with Gasteiger partial charge in [-0.3, -0.25) is 4.90 Å². The molecule has 138 valence electrons. The number of hydrogen-bond donors (Lipinski definition) is 1. The SMILES string of the molecule is C=C(Nc1ccc(CN2CCOCC2)cc1C(=O)OC)c1csc(Br)n1. The van der Waals surface area contributed by atoms with Gasteiger partial charge in [-0.05, 0) is 33.6 Å². The number of benzene rings is 1. The molecule has 1 aromatic heterocycles. The third-order valence-corrected chi connectivity index (χ3v) is 5.44. The van der Waals surface area contributed by atoms with Crippen LogP contribution in [0.5, 0.6) is 0 Å². The monoisotopic (exact) mass is 437 g/mol. The van der Waals surface area contributed by atoms with Crippen LogP contribution in [0.4, 0.5) is 5.69 Å². The number of aromatic nitrogens is 1. The Labute approximate surface area is 165 Å². The number of esters is 1. The molecule has 0 amide bonds. The molecule has 1 N–H and O–H groups in total. The Balaban J connectivity index is 1.79. The molecule has 0 radical (unpaired) electrons. The third-order valence-electron chi connectivity index (χ3n) is 4.07. The molecule has 1 aliphatic rings. The zero-order valence-electron chi connectivity index (χ0n) is 14.5. The van der Waals surface area contributed by atoms with E-state index in [1.807, 2.05) is 23.6 Å². The molecule has 0 atom stereocenters. The predicted molar refractivity (Wildman–Crippen MR) is 106 cm³/mol. The first-order valence-electron chi connectivity index (χ1n) is 8.15. The second-order valence-corrected chi connectivity index (χ2v) is 7.98. The quantitative estimate of drug-likeness (QED) is 0.696. The van der Waals surface area contributed by atoms with Gasteiger partial charge in [-0.2, -0.15) is 0 Å². The molecule has 1 saturated heterocycles. The standard InChI is InChI=1S/C18H20BrN3O3S/c1-12(16-11-26-18(19)21-16)20-15-4-3-13(9-14(15)17(23)24-2)10-22-5-7-25-8-6-22/h3-4,9,11,20H,1,5-8,10H2,2H3. The van der Waals surface area contributed by atoms with Gasteiger partial charge in [-0.1, -0.05) is 12.6 Å². The van der Waals surface area contributed by atoms with Crippen molar-refractivity contribution in [1.82, 2.24) is 9.88 Å². The molecule has 26 heavy (non-hydrogen) atoms. The first-order valence-corrected chi connectivity index (χ1v) is 9.83. The summed E-state index contributed by atoms with van der Waals surface area (Å²) in [6, 6.07) is 5.76. The number of methoxy groups -OCH3 is 1. The first kappa shape index (κ1) is 19.0. The number of halogens is 1. The lowest BCUT2D eigenvalue weighted by molar-refractivity contribution is 0.0341. The van der Waals surface area contributed by atoms with Crippen LogP contribution in [-0.4, -0.2) is 49.3 Å². The summed E-state index contributed by atoms with van der Waals surface area (Å²) in [6.07, 6.45) is 0. The molecule has 0 saturated carbocycles. The minimum atomic E-state index is -0.386. The van der Waals surface area contributed by atoms with Gasteiger partial charge in [0, 0.05) is 25.0 Å².